The molecule has 2 aromatic rings. The lowest BCUT2D eigenvalue weighted by Gasteiger charge is -2.23. The highest BCUT2D eigenvalue weighted by atomic mass is 19.1. The molecular formula is C20H25FN4O. The minimum absolute atomic E-state index is 0.218. The fourth-order valence-corrected chi connectivity index (χ4v) is 3.28. The van der Waals surface area contributed by atoms with Gasteiger partial charge in [-0.1, -0.05) is 31.4 Å². The largest absolute Gasteiger partial charge is 0.367 e. The highest BCUT2D eigenvalue weighted by Crippen LogP contribution is 2.21. The third kappa shape index (κ3) is 5.25. The van der Waals surface area contributed by atoms with E-state index in [1.165, 1.54) is 31.4 Å². The fourth-order valence-electron chi connectivity index (χ4n) is 3.28. The van der Waals surface area contributed by atoms with Gasteiger partial charge < -0.3 is 10.6 Å². The van der Waals surface area contributed by atoms with Gasteiger partial charge in [-0.05, 0) is 43.9 Å². The monoisotopic (exact) mass is 356 g/mol. The maximum atomic E-state index is 12.9. The fraction of sp³-hybridized carbons (Fsp3) is 0.450. The maximum absolute atomic E-state index is 12.9. The first-order valence-electron chi connectivity index (χ1n) is 9.25. The predicted molar refractivity (Wildman–Crippen MR) is 99.7 cm³/mol. The summed E-state index contributed by atoms with van der Waals surface area (Å²) in [5.41, 5.74) is 1.35. The van der Waals surface area contributed by atoms with E-state index >= 15 is 0 Å². The topological polar surface area (TPSA) is 66.9 Å². The van der Waals surface area contributed by atoms with Crippen LogP contribution in [0, 0.1) is 12.7 Å². The van der Waals surface area contributed by atoms with Gasteiger partial charge in [-0.3, -0.25) is 4.79 Å². The van der Waals surface area contributed by atoms with Crippen molar-refractivity contribution in [3.05, 3.63) is 53.2 Å². The van der Waals surface area contributed by atoms with Gasteiger partial charge in [0, 0.05) is 18.7 Å². The molecule has 5 nitrogen and oxygen atoms in total. The standard InChI is InChI=1S/C20H25FN4O/c1-14-23-18(13-19(24-14)25-17-5-3-2-4-6-17)20(26)22-12-11-15-7-9-16(21)10-8-15/h7-10,13,17H,2-6,11-12H2,1H3,(H,22,26)(H,23,24,25). The van der Waals surface area contributed by atoms with Crippen LogP contribution in [0.1, 0.15) is 54.0 Å². The summed E-state index contributed by atoms with van der Waals surface area (Å²) in [6.07, 6.45) is 6.69. The first-order chi connectivity index (χ1) is 12.6. The number of rotatable bonds is 6. The van der Waals surface area contributed by atoms with Gasteiger partial charge in [0.05, 0.1) is 0 Å². The molecule has 1 aromatic heterocycles. The highest BCUT2D eigenvalue weighted by Gasteiger charge is 2.16. The number of anilines is 1. The Hall–Kier alpha value is -2.50. The Kier molecular flexibility index (Phi) is 6.15. The third-order valence-corrected chi connectivity index (χ3v) is 4.64. The first-order valence-corrected chi connectivity index (χ1v) is 9.25. The van der Waals surface area contributed by atoms with Crippen LogP contribution in [0.4, 0.5) is 10.2 Å². The summed E-state index contributed by atoms with van der Waals surface area (Å²) in [7, 11) is 0. The van der Waals surface area contributed by atoms with Gasteiger partial charge in [0.1, 0.15) is 23.2 Å². The Balaban J connectivity index is 1.56. The van der Waals surface area contributed by atoms with Crippen molar-refractivity contribution in [1.82, 2.24) is 15.3 Å². The number of nitrogens with one attached hydrogen (secondary N) is 2. The van der Waals surface area contributed by atoms with Crippen molar-refractivity contribution in [1.29, 1.82) is 0 Å². The number of amides is 1. The summed E-state index contributed by atoms with van der Waals surface area (Å²) in [5, 5.41) is 6.31. The quantitative estimate of drug-likeness (QED) is 0.829. The molecule has 0 saturated heterocycles. The number of aryl methyl sites for hydroxylation is 1. The van der Waals surface area contributed by atoms with Crippen LogP contribution in [0.25, 0.3) is 0 Å². The van der Waals surface area contributed by atoms with Crippen LogP contribution in [-0.4, -0.2) is 28.5 Å². The van der Waals surface area contributed by atoms with Crippen LogP contribution >= 0.6 is 0 Å². The van der Waals surface area contributed by atoms with Gasteiger partial charge in [0.15, 0.2) is 0 Å². The molecule has 1 aromatic carbocycles. The molecule has 2 N–H and O–H groups in total. The summed E-state index contributed by atoms with van der Waals surface area (Å²) >= 11 is 0. The van der Waals surface area contributed by atoms with Crippen LogP contribution in [0.15, 0.2) is 30.3 Å². The zero-order valence-corrected chi connectivity index (χ0v) is 15.1. The van der Waals surface area contributed by atoms with Crippen LogP contribution in [0.2, 0.25) is 0 Å². The molecule has 0 radical (unpaired) electrons. The van der Waals surface area contributed by atoms with Gasteiger partial charge in [-0.15, -0.1) is 0 Å². The molecule has 0 unspecified atom stereocenters. The van der Waals surface area contributed by atoms with E-state index in [9.17, 15) is 9.18 Å². The molecule has 0 spiro atoms. The minimum atomic E-state index is -0.257. The molecule has 138 valence electrons. The van der Waals surface area contributed by atoms with E-state index in [0.717, 1.165) is 18.4 Å². The van der Waals surface area contributed by atoms with Crippen molar-refractivity contribution in [2.24, 2.45) is 0 Å². The van der Waals surface area contributed by atoms with Crippen LogP contribution in [0.5, 0.6) is 0 Å². The second-order valence-corrected chi connectivity index (χ2v) is 6.80. The molecular weight excluding hydrogens is 331 g/mol. The number of halogens is 1. The lowest BCUT2D eigenvalue weighted by molar-refractivity contribution is 0.0948. The Morgan fingerprint density at radius 1 is 1.15 bits per heavy atom. The predicted octanol–water partition coefficient (Wildman–Crippen LogP) is 3.64. The molecule has 1 fully saturated rings. The molecule has 26 heavy (non-hydrogen) atoms. The van der Waals surface area contributed by atoms with Crippen molar-refractivity contribution in [3.8, 4) is 0 Å². The minimum Gasteiger partial charge on any atom is -0.367 e. The number of hydrogen-bond acceptors (Lipinski definition) is 4. The average Bonchev–Trinajstić information content (AvgIpc) is 2.63. The van der Waals surface area contributed by atoms with Crippen LogP contribution < -0.4 is 10.6 Å². The van der Waals surface area contributed by atoms with Crippen LogP contribution in [-0.2, 0) is 6.42 Å². The smallest absolute Gasteiger partial charge is 0.270 e. The van der Waals surface area contributed by atoms with E-state index in [1.54, 1.807) is 25.1 Å². The van der Waals surface area contributed by atoms with E-state index in [2.05, 4.69) is 20.6 Å². The molecule has 1 aliphatic carbocycles. The van der Waals surface area contributed by atoms with Gasteiger partial charge >= 0.3 is 0 Å². The Labute approximate surface area is 153 Å². The van der Waals surface area contributed by atoms with Crippen molar-refractivity contribution < 1.29 is 9.18 Å². The van der Waals surface area contributed by atoms with Gasteiger partial charge in [0.2, 0.25) is 0 Å². The number of benzene rings is 1. The van der Waals surface area contributed by atoms with Crippen molar-refractivity contribution in [2.75, 3.05) is 11.9 Å². The lowest BCUT2D eigenvalue weighted by Crippen LogP contribution is -2.28. The maximum Gasteiger partial charge on any atom is 0.270 e. The lowest BCUT2D eigenvalue weighted by atomic mass is 9.95. The average molecular weight is 356 g/mol. The summed E-state index contributed by atoms with van der Waals surface area (Å²) in [6, 6.07) is 8.44. The summed E-state index contributed by atoms with van der Waals surface area (Å²) in [6.45, 7) is 2.26. The van der Waals surface area contributed by atoms with E-state index < -0.39 is 0 Å². The second kappa shape index (κ2) is 8.74. The van der Waals surface area contributed by atoms with Gasteiger partial charge in [-0.25, -0.2) is 14.4 Å². The molecule has 3 rings (SSSR count). The number of hydrogen-bond donors (Lipinski definition) is 2. The first kappa shape index (κ1) is 18.3. The van der Waals surface area contributed by atoms with Crippen molar-refractivity contribution >= 4 is 11.7 Å². The number of nitrogens with zero attached hydrogens (tertiary/aromatic N) is 2. The Morgan fingerprint density at radius 2 is 1.88 bits per heavy atom. The summed E-state index contributed by atoms with van der Waals surface area (Å²) < 4.78 is 12.9. The molecule has 0 aliphatic heterocycles. The molecule has 1 amide bonds. The molecule has 6 heteroatoms. The number of carbonyl (C=O) groups is 1. The van der Waals surface area contributed by atoms with Gasteiger partial charge in [-0.2, -0.15) is 0 Å². The summed E-state index contributed by atoms with van der Waals surface area (Å²) in [4.78, 5) is 21.1. The Morgan fingerprint density at radius 3 is 2.62 bits per heavy atom. The zero-order valence-electron chi connectivity index (χ0n) is 15.1. The van der Waals surface area contributed by atoms with Gasteiger partial charge in [0.25, 0.3) is 5.91 Å². The van der Waals surface area contributed by atoms with E-state index in [4.69, 9.17) is 0 Å². The van der Waals surface area contributed by atoms with Crippen molar-refractivity contribution in [3.63, 3.8) is 0 Å². The van der Waals surface area contributed by atoms with E-state index in [0.29, 0.717) is 36.3 Å². The van der Waals surface area contributed by atoms with E-state index in [-0.39, 0.29) is 11.7 Å². The van der Waals surface area contributed by atoms with E-state index in [1.807, 2.05) is 0 Å². The number of carbonyl (C=O) groups excluding carboxylic acids is 1. The molecule has 0 bridgehead atoms. The normalized spacial score (nSPS) is 14.8. The number of aromatic nitrogens is 2. The second-order valence-electron chi connectivity index (χ2n) is 6.80. The van der Waals surface area contributed by atoms with Crippen LogP contribution in [0.3, 0.4) is 0 Å². The zero-order chi connectivity index (χ0) is 18.4. The molecule has 1 heterocycles. The SMILES string of the molecule is Cc1nc(NC2CCCCC2)cc(C(=O)NCCc2ccc(F)cc2)n1. The molecule has 0 atom stereocenters. The third-order valence-electron chi connectivity index (χ3n) is 4.64. The Bertz CT molecular complexity index is 742. The summed E-state index contributed by atoms with van der Waals surface area (Å²) in [5.74, 6) is 0.819. The highest BCUT2D eigenvalue weighted by molar-refractivity contribution is 5.92. The van der Waals surface area contributed by atoms with Crippen molar-refractivity contribution in [2.45, 2.75) is 51.5 Å². The molecule has 1 saturated carbocycles. The molecule has 1 aliphatic rings.